The Morgan fingerprint density at radius 3 is 2.72 bits per heavy atom. The Balaban J connectivity index is 1.15. The van der Waals surface area contributed by atoms with E-state index in [1.807, 2.05) is 36.4 Å². The molecule has 0 N–H and O–H groups in total. The van der Waals surface area contributed by atoms with E-state index in [1.165, 1.54) is 4.70 Å². The van der Waals surface area contributed by atoms with Gasteiger partial charge >= 0.3 is 5.97 Å². The number of nitrogens with zero attached hydrogens (tertiary/aromatic N) is 4. The SMILES string of the molecule is O=C(OCc1nc(-c2cccnc2)no1)c1ccc(CSc2nc3ccccc3s2)cc1. The molecule has 0 unspecified atom stereocenters. The molecule has 0 bridgehead atoms. The van der Waals surface area contributed by atoms with Gasteiger partial charge in [0, 0.05) is 23.7 Å². The molecule has 3 heterocycles. The van der Waals surface area contributed by atoms with Gasteiger partial charge in [0.1, 0.15) is 0 Å². The smallest absolute Gasteiger partial charge is 0.338 e. The quantitative estimate of drug-likeness (QED) is 0.236. The summed E-state index contributed by atoms with van der Waals surface area (Å²) in [6.07, 6.45) is 3.30. The molecule has 3 aromatic heterocycles. The number of ether oxygens (including phenoxy) is 1. The molecule has 0 radical (unpaired) electrons. The highest BCUT2D eigenvalue weighted by Gasteiger charge is 2.13. The lowest BCUT2D eigenvalue weighted by molar-refractivity contribution is 0.0430. The van der Waals surface area contributed by atoms with Crippen LogP contribution in [-0.4, -0.2) is 26.1 Å². The van der Waals surface area contributed by atoms with E-state index < -0.39 is 5.97 Å². The number of thioether (sulfide) groups is 1. The first-order chi connectivity index (χ1) is 15.7. The van der Waals surface area contributed by atoms with E-state index in [0.29, 0.717) is 11.4 Å². The van der Waals surface area contributed by atoms with Crippen molar-refractivity contribution in [2.45, 2.75) is 16.7 Å². The zero-order valence-corrected chi connectivity index (χ0v) is 18.3. The topological polar surface area (TPSA) is 91.0 Å². The first-order valence-corrected chi connectivity index (χ1v) is 11.5. The maximum absolute atomic E-state index is 12.3. The molecule has 0 saturated heterocycles. The maximum Gasteiger partial charge on any atom is 0.338 e. The number of aromatic nitrogens is 4. The third-order valence-electron chi connectivity index (χ3n) is 4.54. The van der Waals surface area contributed by atoms with Gasteiger partial charge in [-0.15, -0.1) is 11.3 Å². The summed E-state index contributed by atoms with van der Waals surface area (Å²) < 4.78 is 12.7. The molecule has 7 nitrogen and oxygen atoms in total. The van der Waals surface area contributed by atoms with Crippen LogP contribution >= 0.6 is 23.1 Å². The van der Waals surface area contributed by atoms with E-state index in [2.05, 4.69) is 26.2 Å². The maximum atomic E-state index is 12.3. The van der Waals surface area contributed by atoms with Gasteiger partial charge in [0.2, 0.25) is 5.82 Å². The van der Waals surface area contributed by atoms with E-state index in [0.717, 1.165) is 26.7 Å². The minimum Gasteiger partial charge on any atom is -0.452 e. The highest BCUT2D eigenvalue weighted by Crippen LogP contribution is 2.31. The van der Waals surface area contributed by atoms with Crippen LogP contribution in [0.5, 0.6) is 0 Å². The average Bonchev–Trinajstić information content (AvgIpc) is 3.49. The molecule has 158 valence electrons. The van der Waals surface area contributed by atoms with Crippen molar-refractivity contribution in [3.05, 3.63) is 90.1 Å². The molecule has 0 aliphatic heterocycles. The molecule has 9 heteroatoms. The summed E-state index contributed by atoms with van der Waals surface area (Å²) in [6.45, 7) is -0.0959. The lowest BCUT2D eigenvalue weighted by Crippen LogP contribution is -2.05. The van der Waals surface area contributed by atoms with Crippen LogP contribution in [0.25, 0.3) is 21.6 Å². The summed E-state index contributed by atoms with van der Waals surface area (Å²) in [5, 5.41) is 3.88. The number of hydrogen-bond acceptors (Lipinski definition) is 9. The molecule has 0 aliphatic carbocycles. The molecule has 2 aromatic carbocycles. The number of benzene rings is 2. The van der Waals surface area contributed by atoms with Gasteiger partial charge in [0.05, 0.1) is 15.8 Å². The molecule has 32 heavy (non-hydrogen) atoms. The number of thiazole rings is 1. The van der Waals surface area contributed by atoms with Crippen LogP contribution in [0.2, 0.25) is 0 Å². The standard InChI is InChI=1S/C23H16N4O3S2/c28-22(29-13-20-26-21(27-30-20)17-4-3-11-24-12-17)16-9-7-15(8-10-16)14-31-23-25-18-5-1-2-6-19(18)32-23/h1-12H,13-14H2. The molecule has 0 amide bonds. The summed E-state index contributed by atoms with van der Waals surface area (Å²) in [4.78, 5) is 25.2. The number of fused-ring (bicyclic) bond motifs is 1. The summed E-state index contributed by atoms with van der Waals surface area (Å²) in [6, 6.07) is 19.1. The van der Waals surface area contributed by atoms with Crippen molar-refractivity contribution in [1.82, 2.24) is 20.1 Å². The van der Waals surface area contributed by atoms with Gasteiger partial charge in [-0.05, 0) is 42.0 Å². The molecule has 0 spiro atoms. The largest absolute Gasteiger partial charge is 0.452 e. The Labute approximate surface area is 191 Å². The number of hydrogen-bond donors (Lipinski definition) is 0. The fraction of sp³-hybridized carbons (Fsp3) is 0.0870. The summed E-state index contributed by atoms with van der Waals surface area (Å²) in [7, 11) is 0. The van der Waals surface area contributed by atoms with Gasteiger partial charge in [-0.3, -0.25) is 4.98 Å². The number of para-hydroxylation sites is 1. The molecular formula is C23H16N4O3S2. The van der Waals surface area contributed by atoms with Crippen LogP contribution in [0.1, 0.15) is 21.8 Å². The molecule has 0 fully saturated rings. The van der Waals surface area contributed by atoms with Gasteiger partial charge in [-0.1, -0.05) is 41.2 Å². The summed E-state index contributed by atoms with van der Waals surface area (Å²) in [5.41, 5.74) is 3.31. The molecule has 0 saturated carbocycles. The first-order valence-electron chi connectivity index (χ1n) is 9.72. The van der Waals surface area contributed by atoms with Crippen LogP contribution in [0.15, 0.2) is 81.9 Å². The fourth-order valence-electron chi connectivity index (χ4n) is 2.93. The monoisotopic (exact) mass is 460 g/mol. The Bertz CT molecular complexity index is 1320. The third-order valence-corrected chi connectivity index (χ3v) is 6.79. The first kappa shape index (κ1) is 20.3. The number of esters is 1. The highest BCUT2D eigenvalue weighted by molar-refractivity contribution is 8.00. The van der Waals surface area contributed by atoms with E-state index >= 15 is 0 Å². The van der Waals surface area contributed by atoms with Crippen LogP contribution in [-0.2, 0) is 17.1 Å². The van der Waals surface area contributed by atoms with Gasteiger partial charge in [0.15, 0.2) is 10.9 Å². The molecular weight excluding hydrogens is 444 g/mol. The van der Waals surface area contributed by atoms with Crippen LogP contribution in [0.3, 0.4) is 0 Å². The summed E-state index contributed by atoms with van der Waals surface area (Å²) >= 11 is 3.36. The molecule has 0 atom stereocenters. The minimum absolute atomic E-state index is 0.0959. The molecule has 0 aliphatic rings. The van der Waals surface area contributed by atoms with Crippen LogP contribution in [0, 0.1) is 0 Å². The van der Waals surface area contributed by atoms with E-state index in [1.54, 1.807) is 53.7 Å². The van der Waals surface area contributed by atoms with E-state index in [9.17, 15) is 4.79 Å². The average molecular weight is 461 g/mol. The second-order valence-corrected chi connectivity index (χ2v) is 9.02. The number of carbonyl (C=O) groups excluding carboxylic acids is 1. The predicted octanol–water partition coefficient (Wildman–Crippen LogP) is 5.39. The normalized spacial score (nSPS) is 11.0. The van der Waals surface area contributed by atoms with Crippen LogP contribution in [0.4, 0.5) is 0 Å². The van der Waals surface area contributed by atoms with Crippen molar-refractivity contribution in [1.29, 1.82) is 0 Å². The van der Waals surface area contributed by atoms with Crippen molar-refractivity contribution in [3.8, 4) is 11.4 Å². The third kappa shape index (κ3) is 4.68. The van der Waals surface area contributed by atoms with Crippen molar-refractivity contribution in [3.63, 3.8) is 0 Å². The fourth-order valence-corrected chi connectivity index (χ4v) is 4.96. The van der Waals surface area contributed by atoms with Crippen molar-refractivity contribution in [2.24, 2.45) is 0 Å². The Kier molecular flexibility index (Phi) is 5.91. The van der Waals surface area contributed by atoms with Crippen molar-refractivity contribution >= 4 is 39.3 Å². The predicted molar refractivity (Wildman–Crippen MR) is 122 cm³/mol. The Morgan fingerprint density at radius 1 is 1.03 bits per heavy atom. The lowest BCUT2D eigenvalue weighted by Gasteiger charge is -2.04. The number of pyridine rings is 1. The van der Waals surface area contributed by atoms with Gasteiger partial charge in [0.25, 0.3) is 5.89 Å². The Hall–Kier alpha value is -3.56. The number of carbonyl (C=O) groups is 1. The lowest BCUT2D eigenvalue weighted by atomic mass is 10.1. The minimum atomic E-state index is -0.448. The number of rotatable bonds is 7. The van der Waals surface area contributed by atoms with Crippen molar-refractivity contribution in [2.75, 3.05) is 0 Å². The summed E-state index contributed by atoms with van der Waals surface area (Å²) in [5.74, 6) is 0.950. The zero-order chi connectivity index (χ0) is 21.8. The highest BCUT2D eigenvalue weighted by atomic mass is 32.2. The Morgan fingerprint density at radius 2 is 1.91 bits per heavy atom. The van der Waals surface area contributed by atoms with Crippen molar-refractivity contribution < 1.29 is 14.1 Å². The van der Waals surface area contributed by atoms with Gasteiger partial charge in [-0.25, -0.2) is 9.78 Å². The second-order valence-electron chi connectivity index (χ2n) is 6.76. The second kappa shape index (κ2) is 9.29. The zero-order valence-electron chi connectivity index (χ0n) is 16.7. The van der Waals surface area contributed by atoms with E-state index in [4.69, 9.17) is 9.26 Å². The van der Waals surface area contributed by atoms with E-state index in [-0.39, 0.29) is 12.5 Å². The molecule has 5 rings (SSSR count). The molecule has 5 aromatic rings. The van der Waals surface area contributed by atoms with Gasteiger partial charge < -0.3 is 9.26 Å². The van der Waals surface area contributed by atoms with Crippen LogP contribution < -0.4 is 0 Å². The van der Waals surface area contributed by atoms with Gasteiger partial charge in [-0.2, -0.15) is 4.98 Å².